The van der Waals surface area contributed by atoms with Crippen molar-refractivity contribution in [2.75, 3.05) is 0 Å². The van der Waals surface area contributed by atoms with Crippen molar-refractivity contribution in [3.63, 3.8) is 0 Å². The molecule has 0 fully saturated rings. The molecule has 0 aliphatic carbocycles. The van der Waals surface area contributed by atoms with Gasteiger partial charge in [0.15, 0.2) is 5.65 Å². The van der Waals surface area contributed by atoms with Crippen molar-refractivity contribution in [3.05, 3.63) is 28.7 Å². The van der Waals surface area contributed by atoms with Gasteiger partial charge in [-0.25, -0.2) is 9.50 Å². The summed E-state index contributed by atoms with van der Waals surface area (Å²) in [5, 5.41) is 4.41. The molecule has 3 nitrogen and oxygen atoms in total. The minimum absolute atomic E-state index is 0.981. The van der Waals surface area contributed by atoms with Crippen molar-refractivity contribution in [2.45, 2.75) is 27.7 Å². The highest BCUT2D eigenvalue weighted by molar-refractivity contribution is 5.50. The van der Waals surface area contributed by atoms with E-state index in [1.807, 2.05) is 31.4 Å². The molecular formula is C10H13N3. The Morgan fingerprint density at radius 2 is 1.85 bits per heavy atom. The molecule has 2 heterocycles. The van der Waals surface area contributed by atoms with E-state index in [9.17, 15) is 0 Å². The van der Waals surface area contributed by atoms with E-state index >= 15 is 0 Å². The third kappa shape index (κ3) is 1.11. The molecular weight excluding hydrogens is 162 g/mol. The van der Waals surface area contributed by atoms with Gasteiger partial charge in [0.05, 0.1) is 5.69 Å². The third-order valence-corrected chi connectivity index (χ3v) is 2.36. The average Bonchev–Trinajstić information content (AvgIpc) is 2.32. The number of fused-ring (bicyclic) bond motifs is 1. The Kier molecular flexibility index (Phi) is 1.62. The number of aromatic nitrogens is 3. The molecule has 2 rings (SSSR count). The van der Waals surface area contributed by atoms with Crippen molar-refractivity contribution in [1.29, 1.82) is 0 Å². The molecule has 0 saturated heterocycles. The predicted molar refractivity (Wildman–Crippen MR) is 51.9 cm³/mol. The largest absolute Gasteiger partial charge is 0.234 e. The Morgan fingerprint density at radius 3 is 2.54 bits per heavy atom. The Balaban J connectivity index is 2.94. The Morgan fingerprint density at radius 1 is 1.15 bits per heavy atom. The Bertz CT molecular complexity index is 468. The van der Waals surface area contributed by atoms with Gasteiger partial charge < -0.3 is 0 Å². The van der Waals surface area contributed by atoms with E-state index in [1.165, 1.54) is 5.56 Å². The van der Waals surface area contributed by atoms with Crippen LogP contribution >= 0.6 is 0 Å². The molecule has 3 heteroatoms. The summed E-state index contributed by atoms with van der Waals surface area (Å²) in [6.07, 6.45) is 0. The topological polar surface area (TPSA) is 30.2 Å². The van der Waals surface area contributed by atoms with Crippen LogP contribution in [-0.2, 0) is 0 Å². The smallest absolute Gasteiger partial charge is 0.158 e. The highest BCUT2D eigenvalue weighted by Crippen LogP contribution is 2.13. The molecule has 0 radical (unpaired) electrons. The molecule has 2 aromatic heterocycles. The molecule has 13 heavy (non-hydrogen) atoms. The van der Waals surface area contributed by atoms with Crippen molar-refractivity contribution < 1.29 is 0 Å². The van der Waals surface area contributed by atoms with Gasteiger partial charge in [-0.3, -0.25) is 0 Å². The Labute approximate surface area is 77.4 Å². The van der Waals surface area contributed by atoms with Crippen LogP contribution < -0.4 is 0 Å². The fraction of sp³-hybridized carbons (Fsp3) is 0.400. The van der Waals surface area contributed by atoms with Gasteiger partial charge in [0.25, 0.3) is 0 Å². The van der Waals surface area contributed by atoms with E-state index in [-0.39, 0.29) is 0 Å². The van der Waals surface area contributed by atoms with E-state index in [0.717, 1.165) is 22.7 Å². The lowest BCUT2D eigenvalue weighted by Crippen LogP contribution is -1.97. The minimum Gasteiger partial charge on any atom is -0.234 e. The molecule has 0 saturated carbocycles. The van der Waals surface area contributed by atoms with Crippen LogP contribution in [0.15, 0.2) is 6.07 Å². The van der Waals surface area contributed by atoms with Gasteiger partial charge in [0, 0.05) is 17.0 Å². The van der Waals surface area contributed by atoms with E-state index < -0.39 is 0 Å². The first-order valence-corrected chi connectivity index (χ1v) is 4.40. The summed E-state index contributed by atoms with van der Waals surface area (Å²) in [6, 6.07) is 2.04. The number of nitrogens with zero attached hydrogens (tertiary/aromatic N) is 3. The molecule has 0 amide bonds. The lowest BCUT2D eigenvalue weighted by atomic mass is 10.3. The molecule has 0 atom stereocenters. The van der Waals surface area contributed by atoms with Gasteiger partial charge in [-0.2, -0.15) is 5.10 Å². The summed E-state index contributed by atoms with van der Waals surface area (Å²) in [5.74, 6) is 0. The summed E-state index contributed by atoms with van der Waals surface area (Å²) >= 11 is 0. The summed E-state index contributed by atoms with van der Waals surface area (Å²) in [5.41, 5.74) is 5.40. The molecule has 2 aromatic rings. The van der Waals surface area contributed by atoms with Crippen LogP contribution in [0.25, 0.3) is 5.65 Å². The van der Waals surface area contributed by atoms with Crippen LogP contribution in [0.5, 0.6) is 0 Å². The normalized spacial score (nSPS) is 11.1. The fourth-order valence-electron chi connectivity index (χ4n) is 1.53. The van der Waals surface area contributed by atoms with Gasteiger partial charge in [-0.15, -0.1) is 0 Å². The first-order chi connectivity index (χ1) is 6.09. The van der Waals surface area contributed by atoms with E-state index in [0.29, 0.717) is 0 Å². The van der Waals surface area contributed by atoms with Gasteiger partial charge in [-0.1, -0.05) is 0 Å². The van der Waals surface area contributed by atoms with Crippen molar-refractivity contribution in [2.24, 2.45) is 0 Å². The maximum Gasteiger partial charge on any atom is 0.158 e. The maximum absolute atomic E-state index is 4.46. The van der Waals surface area contributed by atoms with E-state index in [2.05, 4.69) is 17.0 Å². The zero-order valence-electron chi connectivity index (χ0n) is 8.42. The second-order valence-electron chi connectivity index (χ2n) is 3.48. The molecule has 0 N–H and O–H groups in total. The number of aryl methyl sites for hydroxylation is 4. The molecule has 0 aromatic carbocycles. The Hall–Kier alpha value is -1.38. The zero-order chi connectivity index (χ0) is 9.59. The van der Waals surface area contributed by atoms with Crippen LogP contribution in [-0.4, -0.2) is 14.6 Å². The summed E-state index contributed by atoms with van der Waals surface area (Å²) < 4.78 is 1.90. The highest BCUT2D eigenvalue weighted by atomic mass is 15.3. The SMILES string of the molecule is Cc1cc(C)n2nc(C)c(C)c2n1. The first kappa shape index (κ1) is 8.23. The summed E-state index contributed by atoms with van der Waals surface area (Å²) in [6.45, 7) is 8.13. The third-order valence-electron chi connectivity index (χ3n) is 2.36. The molecule has 0 bridgehead atoms. The standard InChI is InChI=1S/C10H13N3/c1-6-5-7(2)13-10(11-6)8(3)9(4)12-13/h5H,1-4H3. The van der Waals surface area contributed by atoms with Crippen LogP contribution in [0, 0.1) is 27.7 Å². The first-order valence-electron chi connectivity index (χ1n) is 4.40. The molecule has 0 spiro atoms. The van der Waals surface area contributed by atoms with Gasteiger partial charge in [0.1, 0.15) is 0 Å². The van der Waals surface area contributed by atoms with Crippen LogP contribution in [0.1, 0.15) is 22.6 Å². The van der Waals surface area contributed by atoms with Gasteiger partial charge in [-0.05, 0) is 33.8 Å². The molecule has 0 unspecified atom stereocenters. The van der Waals surface area contributed by atoms with Crippen molar-refractivity contribution >= 4 is 5.65 Å². The van der Waals surface area contributed by atoms with Crippen LogP contribution in [0.4, 0.5) is 0 Å². The molecule has 0 aliphatic heterocycles. The van der Waals surface area contributed by atoms with Crippen molar-refractivity contribution in [3.8, 4) is 0 Å². The van der Waals surface area contributed by atoms with Gasteiger partial charge in [0.2, 0.25) is 0 Å². The summed E-state index contributed by atoms with van der Waals surface area (Å²) in [4.78, 5) is 4.46. The minimum atomic E-state index is 0.981. The van der Waals surface area contributed by atoms with E-state index in [1.54, 1.807) is 0 Å². The molecule has 0 aliphatic rings. The summed E-state index contributed by atoms with van der Waals surface area (Å²) in [7, 11) is 0. The number of hydrogen-bond donors (Lipinski definition) is 0. The predicted octanol–water partition coefficient (Wildman–Crippen LogP) is 1.96. The zero-order valence-corrected chi connectivity index (χ0v) is 8.42. The number of rotatable bonds is 0. The highest BCUT2D eigenvalue weighted by Gasteiger charge is 2.07. The quantitative estimate of drug-likeness (QED) is 0.612. The monoisotopic (exact) mass is 175 g/mol. The molecule has 68 valence electrons. The maximum atomic E-state index is 4.46. The lowest BCUT2D eigenvalue weighted by molar-refractivity contribution is 0.870. The number of hydrogen-bond acceptors (Lipinski definition) is 2. The van der Waals surface area contributed by atoms with Gasteiger partial charge >= 0.3 is 0 Å². The second kappa shape index (κ2) is 2.55. The lowest BCUT2D eigenvalue weighted by Gasteiger charge is -1.99. The van der Waals surface area contributed by atoms with Crippen LogP contribution in [0.3, 0.4) is 0 Å². The van der Waals surface area contributed by atoms with E-state index in [4.69, 9.17) is 0 Å². The fourth-order valence-corrected chi connectivity index (χ4v) is 1.53. The van der Waals surface area contributed by atoms with Crippen molar-refractivity contribution in [1.82, 2.24) is 14.6 Å². The van der Waals surface area contributed by atoms with Crippen LogP contribution in [0.2, 0.25) is 0 Å². The average molecular weight is 175 g/mol. The second-order valence-corrected chi connectivity index (χ2v) is 3.48.